The normalized spacial score (nSPS) is 21.2. The molecule has 1 aromatic carbocycles. The van der Waals surface area contributed by atoms with Gasteiger partial charge in [0.15, 0.2) is 0 Å². The van der Waals surface area contributed by atoms with E-state index in [1.54, 1.807) is 6.07 Å². The number of likely N-dealkylation sites (tertiary alicyclic amines) is 1. The Morgan fingerprint density at radius 2 is 2.05 bits per heavy atom. The van der Waals surface area contributed by atoms with Crippen LogP contribution in [0.3, 0.4) is 0 Å². The molecule has 0 aromatic heterocycles. The summed E-state index contributed by atoms with van der Waals surface area (Å²) < 4.78 is 38.0. The molecule has 0 spiro atoms. The molecule has 0 radical (unpaired) electrons. The number of benzene rings is 1. The third-order valence-corrected chi connectivity index (χ3v) is 3.74. The van der Waals surface area contributed by atoms with Gasteiger partial charge in [0.25, 0.3) is 0 Å². The summed E-state index contributed by atoms with van der Waals surface area (Å²) in [6, 6.07) is 6.13. The molecule has 2 nitrogen and oxygen atoms in total. The first-order valence-electron chi connectivity index (χ1n) is 7.04. The molecule has 1 aliphatic rings. The lowest BCUT2D eigenvalue weighted by atomic mass is 10.0. The van der Waals surface area contributed by atoms with Crippen molar-refractivity contribution in [3.63, 3.8) is 0 Å². The number of alkyl halides is 3. The lowest BCUT2D eigenvalue weighted by molar-refractivity contribution is -0.137. The van der Waals surface area contributed by atoms with Gasteiger partial charge in [-0.05, 0) is 51.4 Å². The molecule has 0 saturated carbocycles. The van der Waals surface area contributed by atoms with Gasteiger partial charge in [0.1, 0.15) is 0 Å². The minimum atomic E-state index is -4.28. The molecule has 1 aliphatic heterocycles. The molecule has 1 fully saturated rings. The summed E-state index contributed by atoms with van der Waals surface area (Å²) in [4.78, 5) is 2.36. The van der Waals surface area contributed by atoms with Crippen molar-refractivity contribution in [2.75, 3.05) is 18.4 Å². The number of hydrogen-bond donors (Lipinski definition) is 1. The Hall–Kier alpha value is -1.23. The minimum absolute atomic E-state index is 0.217. The van der Waals surface area contributed by atoms with E-state index < -0.39 is 11.7 Å². The van der Waals surface area contributed by atoms with Crippen molar-refractivity contribution in [3.05, 3.63) is 29.8 Å². The molecule has 5 heteroatoms. The quantitative estimate of drug-likeness (QED) is 0.904. The summed E-state index contributed by atoms with van der Waals surface area (Å²) in [6.07, 6.45) is -2.21. The Morgan fingerprint density at radius 1 is 1.30 bits per heavy atom. The molecular weight excluding hydrogens is 265 g/mol. The Kier molecular flexibility index (Phi) is 4.58. The second-order valence-electron chi connectivity index (χ2n) is 5.65. The number of nitrogens with one attached hydrogen (secondary N) is 1. The van der Waals surface area contributed by atoms with Crippen molar-refractivity contribution < 1.29 is 13.2 Å². The Morgan fingerprint density at radius 3 is 2.70 bits per heavy atom. The predicted molar refractivity (Wildman–Crippen MR) is 74.8 cm³/mol. The van der Waals surface area contributed by atoms with E-state index in [0.717, 1.165) is 32.0 Å². The number of hydrogen-bond acceptors (Lipinski definition) is 2. The van der Waals surface area contributed by atoms with Crippen LogP contribution < -0.4 is 5.32 Å². The highest BCUT2D eigenvalue weighted by Crippen LogP contribution is 2.31. The van der Waals surface area contributed by atoms with Gasteiger partial charge in [-0.15, -0.1) is 0 Å². The molecule has 0 bridgehead atoms. The maximum atomic E-state index is 12.7. The lowest BCUT2D eigenvalue weighted by Gasteiger charge is -2.36. The molecule has 1 heterocycles. The highest BCUT2D eigenvalue weighted by atomic mass is 19.4. The van der Waals surface area contributed by atoms with E-state index in [4.69, 9.17) is 0 Å². The van der Waals surface area contributed by atoms with Gasteiger partial charge in [-0.1, -0.05) is 6.07 Å². The van der Waals surface area contributed by atoms with E-state index in [0.29, 0.717) is 11.7 Å². The highest BCUT2D eigenvalue weighted by Gasteiger charge is 2.30. The zero-order valence-corrected chi connectivity index (χ0v) is 11.9. The maximum absolute atomic E-state index is 12.7. The largest absolute Gasteiger partial charge is 0.416 e. The van der Waals surface area contributed by atoms with Crippen LogP contribution in [0, 0.1) is 0 Å². The molecule has 1 unspecified atom stereocenters. The van der Waals surface area contributed by atoms with Crippen LogP contribution >= 0.6 is 0 Å². The third-order valence-electron chi connectivity index (χ3n) is 3.74. The first-order chi connectivity index (χ1) is 9.36. The summed E-state index contributed by atoms with van der Waals surface area (Å²) in [5.41, 5.74) is -0.0468. The van der Waals surface area contributed by atoms with Crippen LogP contribution in [-0.4, -0.2) is 30.1 Å². The van der Waals surface area contributed by atoms with Gasteiger partial charge in [-0.25, -0.2) is 0 Å². The van der Waals surface area contributed by atoms with Gasteiger partial charge in [-0.3, -0.25) is 4.90 Å². The first-order valence-corrected chi connectivity index (χ1v) is 7.04. The van der Waals surface area contributed by atoms with Gasteiger partial charge in [0.2, 0.25) is 0 Å². The fourth-order valence-electron chi connectivity index (χ4n) is 2.61. The summed E-state index contributed by atoms with van der Waals surface area (Å²) in [5, 5.41) is 3.24. The number of halogens is 3. The van der Waals surface area contributed by atoms with Crippen LogP contribution in [0.5, 0.6) is 0 Å². The van der Waals surface area contributed by atoms with Gasteiger partial charge >= 0.3 is 6.18 Å². The predicted octanol–water partition coefficient (Wildman–Crippen LogP) is 3.99. The first kappa shape index (κ1) is 15.2. The SMILES string of the molecule is CC(C)N1CCCC(Nc2cccc(C(F)(F)F)c2)C1. The van der Waals surface area contributed by atoms with Gasteiger partial charge in [0, 0.05) is 24.3 Å². The minimum Gasteiger partial charge on any atom is -0.381 e. The fourth-order valence-corrected chi connectivity index (χ4v) is 2.61. The molecule has 20 heavy (non-hydrogen) atoms. The van der Waals surface area contributed by atoms with Crippen molar-refractivity contribution in [3.8, 4) is 0 Å². The van der Waals surface area contributed by atoms with Crippen molar-refractivity contribution >= 4 is 5.69 Å². The molecule has 112 valence electrons. The van der Waals surface area contributed by atoms with Crippen molar-refractivity contribution in [1.82, 2.24) is 4.90 Å². The topological polar surface area (TPSA) is 15.3 Å². The van der Waals surface area contributed by atoms with Crippen LogP contribution in [-0.2, 0) is 6.18 Å². The van der Waals surface area contributed by atoms with Crippen molar-refractivity contribution in [1.29, 1.82) is 0 Å². The molecular formula is C15H21F3N2. The average molecular weight is 286 g/mol. The van der Waals surface area contributed by atoms with Crippen LogP contribution in [0.4, 0.5) is 18.9 Å². The highest BCUT2D eigenvalue weighted by molar-refractivity contribution is 5.47. The molecule has 0 aliphatic carbocycles. The molecule has 2 rings (SSSR count). The van der Waals surface area contributed by atoms with E-state index in [-0.39, 0.29) is 6.04 Å². The van der Waals surface area contributed by atoms with E-state index >= 15 is 0 Å². The summed E-state index contributed by atoms with van der Waals surface area (Å²) in [7, 11) is 0. The van der Waals surface area contributed by atoms with Crippen LogP contribution in [0.1, 0.15) is 32.3 Å². The smallest absolute Gasteiger partial charge is 0.381 e. The van der Waals surface area contributed by atoms with E-state index in [2.05, 4.69) is 24.1 Å². The molecule has 1 saturated heterocycles. The average Bonchev–Trinajstić information content (AvgIpc) is 2.38. The monoisotopic (exact) mass is 286 g/mol. The maximum Gasteiger partial charge on any atom is 0.416 e. The summed E-state index contributed by atoms with van der Waals surface area (Å²) in [5.74, 6) is 0. The van der Waals surface area contributed by atoms with Crippen LogP contribution in [0.2, 0.25) is 0 Å². The Bertz CT molecular complexity index is 443. The zero-order valence-electron chi connectivity index (χ0n) is 11.9. The number of nitrogens with zero attached hydrogens (tertiary/aromatic N) is 1. The molecule has 0 amide bonds. The third kappa shape index (κ3) is 3.88. The van der Waals surface area contributed by atoms with E-state index in [1.165, 1.54) is 12.1 Å². The Balaban J connectivity index is 2.03. The zero-order chi connectivity index (χ0) is 14.8. The van der Waals surface area contributed by atoms with Crippen molar-refractivity contribution in [2.45, 2.75) is 44.9 Å². The fraction of sp³-hybridized carbons (Fsp3) is 0.600. The van der Waals surface area contributed by atoms with E-state index in [9.17, 15) is 13.2 Å². The van der Waals surface area contributed by atoms with Gasteiger partial charge in [-0.2, -0.15) is 13.2 Å². The standard InChI is InChI=1S/C15H21F3N2/c1-11(2)20-8-4-7-14(10-20)19-13-6-3-5-12(9-13)15(16,17)18/h3,5-6,9,11,14,19H,4,7-8,10H2,1-2H3. The summed E-state index contributed by atoms with van der Waals surface area (Å²) in [6.45, 7) is 6.24. The summed E-state index contributed by atoms with van der Waals surface area (Å²) >= 11 is 0. The molecule has 1 atom stereocenters. The van der Waals surface area contributed by atoms with Crippen molar-refractivity contribution in [2.24, 2.45) is 0 Å². The molecule has 1 aromatic rings. The van der Waals surface area contributed by atoms with E-state index in [1.807, 2.05) is 0 Å². The van der Waals surface area contributed by atoms with Gasteiger partial charge in [0.05, 0.1) is 5.56 Å². The van der Waals surface area contributed by atoms with Gasteiger partial charge < -0.3 is 5.32 Å². The number of anilines is 1. The Labute approximate surface area is 118 Å². The second kappa shape index (κ2) is 6.04. The van der Waals surface area contributed by atoms with Crippen LogP contribution in [0.25, 0.3) is 0 Å². The second-order valence-corrected chi connectivity index (χ2v) is 5.65. The number of piperidine rings is 1. The number of rotatable bonds is 3. The van der Waals surface area contributed by atoms with Crippen LogP contribution in [0.15, 0.2) is 24.3 Å². The lowest BCUT2D eigenvalue weighted by Crippen LogP contribution is -2.45. The molecule has 1 N–H and O–H groups in total.